The number of nitrogens with one attached hydrogen (secondary N) is 1. The van der Waals surface area contributed by atoms with E-state index in [9.17, 15) is 13.2 Å². The molecule has 0 atom stereocenters. The van der Waals surface area contributed by atoms with Crippen LogP contribution in [0.25, 0.3) is 0 Å². The minimum Gasteiger partial charge on any atom is -0.472 e. The van der Waals surface area contributed by atoms with Gasteiger partial charge in [-0.2, -0.15) is 0 Å². The lowest BCUT2D eigenvalue weighted by Gasteiger charge is -2.10. The van der Waals surface area contributed by atoms with E-state index in [0.29, 0.717) is 17.9 Å². The molecule has 0 unspecified atom stereocenters. The molecule has 3 aromatic rings. The Bertz CT molecular complexity index is 1120. The van der Waals surface area contributed by atoms with Crippen molar-refractivity contribution in [3.63, 3.8) is 0 Å². The molecule has 0 fully saturated rings. The van der Waals surface area contributed by atoms with Gasteiger partial charge in [-0.05, 0) is 29.3 Å². The molecule has 1 aromatic heterocycles. The van der Waals surface area contributed by atoms with Gasteiger partial charge in [0, 0.05) is 0 Å². The summed E-state index contributed by atoms with van der Waals surface area (Å²) in [7, 11) is -3.26. The summed E-state index contributed by atoms with van der Waals surface area (Å²) in [6.45, 7) is 1.93. The Morgan fingerprint density at radius 1 is 1.07 bits per heavy atom. The van der Waals surface area contributed by atoms with E-state index < -0.39 is 9.84 Å². The van der Waals surface area contributed by atoms with Crippen molar-refractivity contribution < 1.29 is 17.9 Å². The van der Waals surface area contributed by atoms with Crippen LogP contribution in [-0.2, 0) is 27.7 Å². The van der Waals surface area contributed by atoms with Crippen molar-refractivity contribution in [3.05, 3.63) is 83.0 Å². The molecule has 0 radical (unpaired) electrons. The topological polar surface area (TPSA) is 85.4 Å². The molecule has 1 heterocycles. The zero-order valence-corrected chi connectivity index (χ0v) is 17.9. The van der Waals surface area contributed by atoms with Crippen LogP contribution in [0.5, 0.6) is 5.88 Å². The third-order valence-corrected chi connectivity index (χ3v) is 6.36. The number of halogens is 1. The van der Waals surface area contributed by atoms with Gasteiger partial charge in [-0.1, -0.05) is 61.0 Å². The van der Waals surface area contributed by atoms with Gasteiger partial charge in [-0.25, -0.2) is 13.4 Å². The van der Waals surface area contributed by atoms with Crippen molar-refractivity contribution in [2.45, 2.75) is 24.8 Å². The minimum atomic E-state index is -3.26. The van der Waals surface area contributed by atoms with Gasteiger partial charge in [0.25, 0.3) is 0 Å². The van der Waals surface area contributed by atoms with Gasteiger partial charge < -0.3 is 10.1 Å². The van der Waals surface area contributed by atoms with Crippen LogP contribution in [0.2, 0.25) is 5.02 Å². The van der Waals surface area contributed by atoms with Crippen molar-refractivity contribution in [3.8, 4) is 5.88 Å². The Balaban J connectivity index is 1.58. The summed E-state index contributed by atoms with van der Waals surface area (Å²) in [5, 5.41) is 3.02. The molecule has 0 saturated heterocycles. The third kappa shape index (κ3) is 5.81. The van der Waals surface area contributed by atoms with Gasteiger partial charge in [0.2, 0.25) is 11.8 Å². The maximum absolute atomic E-state index is 12.3. The van der Waals surface area contributed by atoms with Crippen LogP contribution < -0.4 is 10.1 Å². The molecule has 0 aliphatic rings. The predicted octanol–water partition coefficient (Wildman–Crippen LogP) is 4.29. The quantitative estimate of drug-likeness (QED) is 0.560. The van der Waals surface area contributed by atoms with E-state index in [4.69, 9.17) is 16.3 Å². The summed E-state index contributed by atoms with van der Waals surface area (Å²) in [6, 6.07) is 17.5. The van der Waals surface area contributed by atoms with Crippen LogP contribution in [-0.4, -0.2) is 25.1 Å². The summed E-state index contributed by atoms with van der Waals surface area (Å²) in [6.07, 6.45) is 1.57. The van der Waals surface area contributed by atoms with Crippen LogP contribution in [0.4, 0.5) is 5.69 Å². The number of rotatable bonds is 8. The number of aromatic nitrogens is 1. The van der Waals surface area contributed by atoms with E-state index >= 15 is 0 Å². The molecular formula is C22H21ClN2O4S. The molecule has 2 aromatic carbocycles. The lowest BCUT2D eigenvalue weighted by atomic mass is 10.1. The first-order valence-corrected chi connectivity index (χ1v) is 11.3. The van der Waals surface area contributed by atoms with Gasteiger partial charge in [0.05, 0.1) is 29.0 Å². The lowest BCUT2D eigenvalue weighted by Crippen LogP contribution is -2.15. The Hall–Kier alpha value is -2.90. The predicted molar refractivity (Wildman–Crippen MR) is 117 cm³/mol. The number of nitrogens with zero attached hydrogens (tertiary/aromatic N) is 1. The maximum atomic E-state index is 12.3. The summed E-state index contributed by atoms with van der Waals surface area (Å²) < 4.78 is 29.3. The number of hydrogen-bond donors (Lipinski definition) is 1. The average Bonchev–Trinajstić information content (AvgIpc) is 2.74. The standard InChI is InChI=1S/C22H21ClN2O4S/c1-2-30(27,28)19-10-8-16(9-11-19)12-21(26)25-18-13-20(23)22(24-14-18)29-15-17-6-4-3-5-7-17/h3-11,13-14H,2,12,15H2,1H3,(H,25,26). The van der Waals surface area contributed by atoms with Gasteiger partial charge in [0.15, 0.2) is 9.84 Å². The highest BCUT2D eigenvalue weighted by atomic mass is 35.5. The molecule has 0 aliphatic carbocycles. The molecule has 0 saturated carbocycles. The number of sulfone groups is 1. The van der Waals surface area contributed by atoms with Crippen LogP contribution in [0.3, 0.4) is 0 Å². The number of benzene rings is 2. The van der Waals surface area contributed by atoms with Crippen molar-refractivity contribution in [2.75, 3.05) is 11.1 Å². The van der Waals surface area contributed by atoms with E-state index in [1.165, 1.54) is 18.3 Å². The smallest absolute Gasteiger partial charge is 0.233 e. The highest BCUT2D eigenvalue weighted by Gasteiger charge is 2.12. The van der Waals surface area contributed by atoms with Crippen LogP contribution >= 0.6 is 11.6 Å². The molecule has 3 rings (SSSR count). The molecule has 6 nitrogen and oxygen atoms in total. The Kier molecular flexibility index (Phi) is 7.07. The average molecular weight is 445 g/mol. The number of amides is 1. The summed E-state index contributed by atoms with van der Waals surface area (Å²) in [5.41, 5.74) is 2.14. The third-order valence-electron chi connectivity index (χ3n) is 4.34. The number of ether oxygens (including phenoxy) is 1. The fourth-order valence-electron chi connectivity index (χ4n) is 2.70. The van der Waals surface area contributed by atoms with Crippen molar-refractivity contribution in [2.24, 2.45) is 0 Å². The van der Waals surface area contributed by atoms with Crippen molar-refractivity contribution in [1.29, 1.82) is 0 Å². The van der Waals surface area contributed by atoms with E-state index in [1.54, 1.807) is 25.1 Å². The largest absolute Gasteiger partial charge is 0.472 e. The van der Waals surface area contributed by atoms with Gasteiger partial charge in [-0.15, -0.1) is 0 Å². The van der Waals surface area contributed by atoms with Crippen molar-refractivity contribution in [1.82, 2.24) is 4.98 Å². The van der Waals surface area contributed by atoms with E-state index in [0.717, 1.165) is 5.56 Å². The SMILES string of the molecule is CCS(=O)(=O)c1ccc(CC(=O)Nc2cnc(OCc3ccccc3)c(Cl)c2)cc1. The molecule has 1 amide bonds. The lowest BCUT2D eigenvalue weighted by molar-refractivity contribution is -0.115. The molecule has 1 N–H and O–H groups in total. The second-order valence-electron chi connectivity index (χ2n) is 6.56. The second kappa shape index (κ2) is 9.73. The molecular weight excluding hydrogens is 424 g/mol. The first kappa shape index (κ1) is 21.8. The number of hydrogen-bond acceptors (Lipinski definition) is 5. The Labute approximate surface area is 180 Å². The fraction of sp³-hybridized carbons (Fsp3) is 0.182. The second-order valence-corrected chi connectivity index (χ2v) is 9.24. The van der Waals surface area contributed by atoms with Crippen molar-refractivity contribution >= 4 is 33.0 Å². The number of anilines is 1. The molecule has 0 bridgehead atoms. The summed E-state index contributed by atoms with van der Waals surface area (Å²) >= 11 is 6.22. The highest BCUT2D eigenvalue weighted by molar-refractivity contribution is 7.91. The fourth-order valence-corrected chi connectivity index (χ4v) is 3.80. The Morgan fingerprint density at radius 3 is 2.40 bits per heavy atom. The molecule has 0 aliphatic heterocycles. The molecule has 0 spiro atoms. The van der Waals surface area contributed by atoms with E-state index in [2.05, 4.69) is 10.3 Å². The zero-order chi connectivity index (χ0) is 21.6. The zero-order valence-electron chi connectivity index (χ0n) is 16.3. The number of pyridine rings is 1. The molecule has 156 valence electrons. The minimum absolute atomic E-state index is 0.0334. The molecule has 30 heavy (non-hydrogen) atoms. The number of carbonyl (C=O) groups is 1. The normalized spacial score (nSPS) is 11.1. The van der Waals surface area contributed by atoms with Crippen LogP contribution in [0.1, 0.15) is 18.1 Å². The van der Waals surface area contributed by atoms with E-state index in [-0.39, 0.29) is 33.9 Å². The van der Waals surface area contributed by atoms with E-state index in [1.807, 2.05) is 30.3 Å². The van der Waals surface area contributed by atoms with Gasteiger partial charge >= 0.3 is 0 Å². The first-order valence-electron chi connectivity index (χ1n) is 9.31. The molecule has 8 heteroatoms. The summed E-state index contributed by atoms with van der Waals surface area (Å²) in [4.78, 5) is 16.7. The Morgan fingerprint density at radius 2 is 1.77 bits per heavy atom. The van der Waals surface area contributed by atoms with Crippen LogP contribution in [0, 0.1) is 0 Å². The highest BCUT2D eigenvalue weighted by Crippen LogP contribution is 2.25. The van der Waals surface area contributed by atoms with Crippen LogP contribution in [0.15, 0.2) is 71.8 Å². The summed E-state index contributed by atoms with van der Waals surface area (Å²) in [5.74, 6) is 0.0502. The number of carbonyl (C=O) groups excluding carboxylic acids is 1. The van der Waals surface area contributed by atoms with Gasteiger partial charge in [-0.3, -0.25) is 4.79 Å². The van der Waals surface area contributed by atoms with Gasteiger partial charge in [0.1, 0.15) is 11.6 Å². The maximum Gasteiger partial charge on any atom is 0.233 e. The first-order chi connectivity index (χ1) is 14.4. The monoisotopic (exact) mass is 444 g/mol.